The third-order valence-corrected chi connectivity index (χ3v) is 11.4. The summed E-state index contributed by atoms with van der Waals surface area (Å²) >= 11 is 0. The third kappa shape index (κ3) is 14.2. The predicted molar refractivity (Wildman–Crippen MR) is 215 cm³/mol. The normalized spacial score (nSPS) is 19.7. The molecule has 1 aliphatic heterocycles. The van der Waals surface area contributed by atoms with Crippen molar-refractivity contribution < 1.29 is 33.3 Å². The molecule has 4 rings (SSSR count). The summed E-state index contributed by atoms with van der Waals surface area (Å²) in [6, 6.07) is 19.0. The molecule has 0 bridgehead atoms. The molecule has 0 amide bonds. The molecule has 1 heterocycles. The van der Waals surface area contributed by atoms with Gasteiger partial charge in [0.15, 0.2) is 0 Å². The number of rotatable bonds is 26. The number of hydrogen-bond donors (Lipinski definition) is 0. The summed E-state index contributed by atoms with van der Waals surface area (Å²) < 4.78 is 25.0. The van der Waals surface area contributed by atoms with Gasteiger partial charge >= 0.3 is 11.9 Å². The van der Waals surface area contributed by atoms with E-state index in [1.165, 1.54) is 51.4 Å². The molecule has 4 unspecified atom stereocenters. The zero-order valence-corrected chi connectivity index (χ0v) is 33.8. The SMILES string of the molecule is CCCCCCCCCCCCCC(OC(=O)C1COC1)OC(C(=O)OC1CC(C)CCC(CC(=O)CCCCC)C1)(c1ccccc1)c1ccccc1. The number of ether oxygens (including phenoxy) is 4. The molecule has 0 aromatic heterocycles. The summed E-state index contributed by atoms with van der Waals surface area (Å²) in [5.74, 6) is -0.377. The second-order valence-electron chi connectivity index (χ2n) is 16.2. The molecular formula is C47H70O7. The average Bonchev–Trinajstić information content (AvgIpc) is 3.32. The maximum atomic E-state index is 15.1. The fourth-order valence-electron chi connectivity index (χ4n) is 8.03. The Morgan fingerprint density at radius 1 is 0.722 bits per heavy atom. The molecule has 4 atom stereocenters. The lowest BCUT2D eigenvalue weighted by Gasteiger charge is -2.37. The summed E-state index contributed by atoms with van der Waals surface area (Å²) in [5, 5.41) is 0. The van der Waals surface area contributed by atoms with E-state index in [9.17, 15) is 9.59 Å². The molecule has 1 saturated heterocycles. The molecule has 300 valence electrons. The highest BCUT2D eigenvalue weighted by Crippen LogP contribution is 2.40. The molecule has 2 aliphatic rings. The molecule has 2 aromatic rings. The first-order valence-electron chi connectivity index (χ1n) is 21.7. The van der Waals surface area contributed by atoms with Crippen molar-refractivity contribution in [2.45, 2.75) is 174 Å². The van der Waals surface area contributed by atoms with E-state index in [1.807, 2.05) is 60.7 Å². The van der Waals surface area contributed by atoms with Gasteiger partial charge in [-0.05, 0) is 55.1 Å². The van der Waals surface area contributed by atoms with Crippen molar-refractivity contribution in [1.82, 2.24) is 0 Å². The van der Waals surface area contributed by atoms with E-state index in [4.69, 9.17) is 18.9 Å². The Kier molecular flexibility index (Phi) is 19.8. The fourth-order valence-corrected chi connectivity index (χ4v) is 8.03. The van der Waals surface area contributed by atoms with E-state index >= 15 is 4.79 Å². The highest BCUT2D eigenvalue weighted by Gasteiger charge is 2.49. The number of benzene rings is 2. The highest BCUT2D eigenvalue weighted by atomic mass is 16.7. The summed E-state index contributed by atoms with van der Waals surface area (Å²) in [5.41, 5.74) is -0.433. The van der Waals surface area contributed by atoms with Gasteiger partial charge in [-0.1, -0.05) is 165 Å². The van der Waals surface area contributed by atoms with E-state index in [0.717, 1.165) is 57.8 Å². The maximum Gasteiger partial charge on any atom is 0.348 e. The number of carbonyl (C=O) groups excluding carboxylic acids is 3. The smallest absolute Gasteiger partial charge is 0.348 e. The number of ketones is 1. The van der Waals surface area contributed by atoms with Gasteiger partial charge in [-0.2, -0.15) is 0 Å². The molecule has 2 fully saturated rings. The van der Waals surface area contributed by atoms with Crippen LogP contribution in [0.15, 0.2) is 60.7 Å². The van der Waals surface area contributed by atoms with Crippen LogP contribution in [0.4, 0.5) is 0 Å². The van der Waals surface area contributed by atoms with Gasteiger partial charge in [-0.15, -0.1) is 0 Å². The highest BCUT2D eigenvalue weighted by molar-refractivity contribution is 5.86. The standard InChI is InChI=1S/C47H70O7/c1-4-6-8-9-10-11-12-13-14-15-23-29-44(53-45(49)39-35-51-36-39)54-47(40-24-19-16-20-25-40,41-26-21-17-22-27-41)46(50)52-43-32-37(3)30-31-38(34-43)33-42(48)28-18-7-5-2/h16-17,19-22,24-27,37-39,43-44H,4-15,18,23,28-36H2,1-3H3. The number of unbranched alkanes of at least 4 members (excludes halogenated alkanes) is 12. The monoisotopic (exact) mass is 747 g/mol. The summed E-state index contributed by atoms with van der Waals surface area (Å²) in [4.78, 5) is 41.4. The summed E-state index contributed by atoms with van der Waals surface area (Å²) in [6.45, 7) is 7.27. The summed E-state index contributed by atoms with van der Waals surface area (Å²) in [6.07, 6.45) is 19.9. The lowest BCUT2D eigenvalue weighted by molar-refractivity contribution is -0.230. The molecule has 2 aromatic carbocycles. The maximum absolute atomic E-state index is 15.1. The predicted octanol–water partition coefficient (Wildman–Crippen LogP) is 11.4. The van der Waals surface area contributed by atoms with Crippen molar-refractivity contribution in [3.05, 3.63) is 71.8 Å². The molecule has 0 radical (unpaired) electrons. The Morgan fingerprint density at radius 2 is 1.28 bits per heavy atom. The van der Waals surface area contributed by atoms with Gasteiger partial charge < -0.3 is 18.9 Å². The Morgan fingerprint density at radius 3 is 1.83 bits per heavy atom. The van der Waals surface area contributed by atoms with Gasteiger partial charge in [0.05, 0.1) is 13.2 Å². The Bertz CT molecular complexity index is 1300. The second-order valence-corrected chi connectivity index (χ2v) is 16.2. The van der Waals surface area contributed by atoms with Crippen LogP contribution < -0.4 is 0 Å². The zero-order chi connectivity index (χ0) is 38.4. The van der Waals surface area contributed by atoms with Crippen LogP contribution in [-0.2, 0) is 38.9 Å². The second kappa shape index (κ2) is 24.5. The molecule has 7 heteroatoms. The van der Waals surface area contributed by atoms with Crippen LogP contribution in [0.1, 0.15) is 167 Å². The van der Waals surface area contributed by atoms with Crippen molar-refractivity contribution in [1.29, 1.82) is 0 Å². The Balaban J connectivity index is 1.54. The fraction of sp³-hybridized carbons (Fsp3) is 0.681. The minimum Gasteiger partial charge on any atom is -0.460 e. The van der Waals surface area contributed by atoms with Crippen LogP contribution in [0.25, 0.3) is 0 Å². The molecule has 54 heavy (non-hydrogen) atoms. The van der Waals surface area contributed by atoms with E-state index in [0.29, 0.717) is 61.7 Å². The molecule has 0 N–H and O–H groups in total. The molecule has 7 nitrogen and oxygen atoms in total. The van der Waals surface area contributed by atoms with Crippen LogP contribution in [0, 0.1) is 17.8 Å². The average molecular weight is 747 g/mol. The first kappa shape index (κ1) is 43.7. The largest absolute Gasteiger partial charge is 0.460 e. The van der Waals surface area contributed by atoms with Gasteiger partial charge in [0, 0.05) is 19.3 Å². The summed E-state index contributed by atoms with van der Waals surface area (Å²) in [7, 11) is 0. The quantitative estimate of drug-likeness (QED) is 0.0410. The van der Waals surface area contributed by atoms with Crippen LogP contribution >= 0.6 is 0 Å². The molecule has 1 saturated carbocycles. The van der Waals surface area contributed by atoms with Crippen molar-refractivity contribution in [3.8, 4) is 0 Å². The van der Waals surface area contributed by atoms with Gasteiger partial charge in [-0.3, -0.25) is 9.59 Å². The molecule has 0 spiro atoms. The number of esters is 2. The zero-order valence-electron chi connectivity index (χ0n) is 33.8. The minimum atomic E-state index is -1.68. The van der Waals surface area contributed by atoms with Gasteiger partial charge in [0.25, 0.3) is 0 Å². The first-order chi connectivity index (χ1) is 26.3. The Labute approximate surface area is 326 Å². The van der Waals surface area contributed by atoms with Crippen LogP contribution in [0.3, 0.4) is 0 Å². The van der Waals surface area contributed by atoms with E-state index in [-0.39, 0.29) is 23.9 Å². The Hall–Kier alpha value is -3.03. The number of hydrogen-bond acceptors (Lipinski definition) is 7. The van der Waals surface area contributed by atoms with E-state index < -0.39 is 17.9 Å². The molecule has 1 aliphatic carbocycles. The van der Waals surface area contributed by atoms with Crippen molar-refractivity contribution >= 4 is 17.7 Å². The van der Waals surface area contributed by atoms with Crippen LogP contribution in [0.5, 0.6) is 0 Å². The topological polar surface area (TPSA) is 88.1 Å². The number of carbonyl (C=O) groups is 3. The van der Waals surface area contributed by atoms with Crippen LogP contribution in [0.2, 0.25) is 0 Å². The van der Waals surface area contributed by atoms with E-state index in [1.54, 1.807) is 0 Å². The van der Waals surface area contributed by atoms with Crippen LogP contribution in [-0.4, -0.2) is 43.3 Å². The van der Waals surface area contributed by atoms with Crippen molar-refractivity contribution in [3.63, 3.8) is 0 Å². The van der Waals surface area contributed by atoms with Gasteiger partial charge in [0.2, 0.25) is 11.9 Å². The molecular weight excluding hydrogens is 677 g/mol. The van der Waals surface area contributed by atoms with Gasteiger partial charge in [-0.25, -0.2) is 4.79 Å². The van der Waals surface area contributed by atoms with E-state index in [2.05, 4.69) is 20.8 Å². The number of Topliss-reactive ketones (excluding diaryl/α,β-unsaturated/α-hetero) is 1. The minimum absolute atomic E-state index is 0.171. The first-order valence-corrected chi connectivity index (χ1v) is 21.7. The van der Waals surface area contributed by atoms with Crippen molar-refractivity contribution in [2.24, 2.45) is 17.8 Å². The lowest BCUT2D eigenvalue weighted by atomic mass is 9.85. The van der Waals surface area contributed by atoms with Gasteiger partial charge in [0.1, 0.15) is 17.8 Å². The lowest BCUT2D eigenvalue weighted by Crippen LogP contribution is -2.47. The van der Waals surface area contributed by atoms with Crippen molar-refractivity contribution in [2.75, 3.05) is 13.2 Å². The third-order valence-electron chi connectivity index (χ3n) is 11.4.